The number of carbonyl (C=O) groups is 3. The molecule has 2 aliphatic heterocycles. The summed E-state index contributed by atoms with van der Waals surface area (Å²) in [6.45, 7) is 3.15. The predicted molar refractivity (Wildman–Crippen MR) is 253 cm³/mol. The first-order valence-corrected chi connectivity index (χ1v) is 21.7. The number of allylic oxidation sites excluding steroid dienone is 5. The Kier molecular flexibility index (Phi) is 14.8. The maximum absolute atomic E-state index is 12.6. The van der Waals surface area contributed by atoms with E-state index in [4.69, 9.17) is 32.7 Å². The molecule has 0 radical (unpaired) electrons. The molecule has 15 heteroatoms. The zero-order valence-electron chi connectivity index (χ0n) is 35.8. The highest BCUT2D eigenvalue weighted by molar-refractivity contribution is 6.42. The fourth-order valence-corrected chi connectivity index (χ4v) is 9.00. The van der Waals surface area contributed by atoms with Gasteiger partial charge in [0.1, 0.15) is 25.5 Å². The number of nitro benzene ring substituents is 1. The number of benzene rings is 5. The zero-order chi connectivity index (χ0) is 46.8. The summed E-state index contributed by atoms with van der Waals surface area (Å²) in [6, 6.07) is 36.3. The fraction of sp³-hybridized carbons (Fsp3) is 0.196. The van der Waals surface area contributed by atoms with E-state index in [2.05, 4.69) is 12.1 Å². The molecular weight excluding hydrogens is 881 g/mol. The first-order valence-electron chi connectivity index (χ1n) is 21.0. The summed E-state index contributed by atoms with van der Waals surface area (Å²) < 4.78 is 12.1. The summed E-state index contributed by atoms with van der Waals surface area (Å²) in [5.41, 5.74) is 6.96. The molecule has 2 aliphatic rings. The van der Waals surface area contributed by atoms with Crippen molar-refractivity contribution in [1.29, 1.82) is 5.26 Å². The standard InChI is InChI=1S/C51H43Cl2N5O8/c1-35-11-13-36(14-12-35)30-51(31-40-9-5-6-10-44(40)58(63)64)41-27-39(38-7-3-2-4-8-38)17-18-45(41)55(22-21-50(61)62)48(51)19-15-37(32-54)16-20-49-56(23-25-65-33-59)46-28-42(52)43(53)29-47(46)57(49)24-26-66-34-60/h2-20,27-29,33-34H,21-26,30-31H2,1H3/p+1. The van der Waals surface area contributed by atoms with E-state index in [1.807, 2.05) is 94.1 Å². The first-order chi connectivity index (χ1) is 32.0. The Morgan fingerprint density at radius 3 is 2.11 bits per heavy atom. The highest BCUT2D eigenvalue weighted by Gasteiger charge is 2.52. The lowest BCUT2D eigenvalue weighted by Crippen LogP contribution is -2.39. The summed E-state index contributed by atoms with van der Waals surface area (Å²) in [7, 11) is 0. The Bertz CT molecular complexity index is 2790. The second-order valence-corrected chi connectivity index (χ2v) is 16.5. The van der Waals surface area contributed by atoms with Crippen molar-refractivity contribution in [1.82, 2.24) is 0 Å². The number of carboxylic acid groups (broad SMARTS) is 1. The van der Waals surface area contributed by atoms with E-state index in [1.165, 1.54) is 6.07 Å². The van der Waals surface area contributed by atoms with Crippen molar-refractivity contribution >= 4 is 70.6 Å². The normalized spacial score (nSPS) is 15.4. The number of carbonyl (C=O) groups excluding carboxylic acids is 2. The van der Waals surface area contributed by atoms with Crippen LogP contribution in [-0.4, -0.2) is 72.1 Å². The molecule has 0 amide bonds. The lowest BCUT2D eigenvalue weighted by molar-refractivity contribution is -0.436. The molecule has 0 bridgehead atoms. The van der Waals surface area contributed by atoms with Crippen LogP contribution in [0.25, 0.3) is 11.1 Å². The Balaban J connectivity index is 1.44. The molecule has 0 spiro atoms. The molecule has 1 N–H and O–H groups in total. The van der Waals surface area contributed by atoms with Crippen LogP contribution < -0.4 is 9.80 Å². The Morgan fingerprint density at radius 2 is 1.50 bits per heavy atom. The van der Waals surface area contributed by atoms with Gasteiger partial charge in [0.25, 0.3) is 18.6 Å². The smallest absolute Gasteiger partial charge is 0.309 e. The molecule has 13 nitrogen and oxygen atoms in total. The third-order valence-corrected chi connectivity index (χ3v) is 12.4. The molecule has 66 heavy (non-hydrogen) atoms. The van der Waals surface area contributed by atoms with Gasteiger partial charge in [-0.1, -0.05) is 102 Å². The number of para-hydroxylation sites is 1. The van der Waals surface area contributed by atoms with Crippen LogP contribution in [0.1, 0.15) is 28.7 Å². The van der Waals surface area contributed by atoms with Crippen molar-refractivity contribution in [2.75, 3.05) is 42.6 Å². The Labute approximate surface area is 391 Å². The van der Waals surface area contributed by atoms with Crippen LogP contribution in [-0.2, 0) is 42.1 Å². The van der Waals surface area contributed by atoms with Crippen molar-refractivity contribution in [3.63, 3.8) is 0 Å². The first kappa shape index (κ1) is 46.5. The maximum Gasteiger partial charge on any atom is 0.309 e. The van der Waals surface area contributed by atoms with Gasteiger partial charge in [-0.2, -0.15) is 9.84 Å². The highest BCUT2D eigenvalue weighted by Crippen LogP contribution is 2.48. The Hall–Kier alpha value is -7.53. The number of ether oxygens (including phenoxy) is 2. The van der Waals surface area contributed by atoms with Crippen LogP contribution in [0.4, 0.5) is 22.7 Å². The van der Waals surface area contributed by atoms with E-state index in [9.17, 15) is 34.9 Å². The van der Waals surface area contributed by atoms with Gasteiger partial charge in [0.05, 0.1) is 56.5 Å². The minimum absolute atomic E-state index is 0.00755. The number of hydrogen-bond donors (Lipinski definition) is 1. The number of halogens is 2. The molecule has 5 aromatic carbocycles. The topological polar surface area (TPSA) is 166 Å². The van der Waals surface area contributed by atoms with Crippen LogP contribution >= 0.6 is 23.2 Å². The molecule has 334 valence electrons. The van der Waals surface area contributed by atoms with E-state index in [0.29, 0.717) is 47.8 Å². The largest absolute Gasteiger partial charge is 0.481 e. The second kappa shape index (κ2) is 21.0. The number of aliphatic carboxylic acids is 1. The molecule has 0 fully saturated rings. The molecule has 0 aromatic heterocycles. The summed E-state index contributed by atoms with van der Waals surface area (Å²) in [5, 5.41) is 34.0. The Morgan fingerprint density at radius 1 is 0.864 bits per heavy atom. The molecule has 1 atom stereocenters. The maximum atomic E-state index is 12.6. The number of fused-ring (bicyclic) bond motifs is 2. The van der Waals surface area contributed by atoms with Crippen LogP contribution in [0.5, 0.6) is 0 Å². The molecule has 5 aromatic rings. The number of rotatable bonds is 20. The number of aryl methyl sites for hydroxylation is 1. The van der Waals surface area contributed by atoms with Gasteiger partial charge in [-0.05, 0) is 78.9 Å². The summed E-state index contributed by atoms with van der Waals surface area (Å²) in [6.07, 6.45) is 7.09. The third-order valence-electron chi connectivity index (χ3n) is 11.7. The van der Waals surface area contributed by atoms with Crippen LogP contribution in [0.3, 0.4) is 0 Å². The summed E-state index contributed by atoms with van der Waals surface area (Å²) >= 11 is 13.0. The van der Waals surface area contributed by atoms with Crippen molar-refractivity contribution < 1.29 is 38.5 Å². The van der Waals surface area contributed by atoms with Crippen LogP contribution in [0.2, 0.25) is 10.0 Å². The minimum Gasteiger partial charge on any atom is -0.481 e. The van der Waals surface area contributed by atoms with E-state index in [0.717, 1.165) is 33.5 Å². The van der Waals surface area contributed by atoms with Crippen molar-refractivity contribution in [3.05, 3.63) is 187 Å². The van der Waals surface area contributed by atoms with Gasteiger partial charge in [-0.3, -0.25) is 24.5 Å². The van der Waals surface area contributed by atoms with Gasteiger partial charge >= 0.3 is 5.97 Å². The van der Waals surface area contributed by atoms with Crippen molar-refractivity contribution in [2.45, 2.75) is 31.6 Å². The average molecular weight is 926 g/mol. The van der Waals surface area contributed by atoms with Gasteiger partial charge in [-0.25, -0.2) is 0 Å². The number of nitro groups is 1. The van der Waals surface area contributed by atoms with Crippen molar-refractivity contribution in [2.24, 2.45) is 0 Å². The number of nitriles is 1. The molecule has 2 heterocycles. The quantitative estimate of drug-likeness (QED) is 0.0150. The van der Waals surface area contributed by atoms with Gasteiger partial charge in [0.2, 0.25) is 5.69 Å². The lowest BCUT2D eigenvalue weighted by atomic mass is 9.68. The van der Waals surface area contributed by atoms with E-state index in [-0.39, 0.29) is 67.0 Å². The SMILES string of the molecule is Cc1ccc(CC2(Cc3ccccc3[N+](=O)[O-])C(/C=C/C(C#N)=C/C=C3N(CCOC=O)c4cc(Cl)c(Cl)cc4N3CCOC=O)=[N+](CCC(=O)O)c3ccc(-c4ccccc4)cc32)cc1. The summed E-state index contributed by atoms with van der Waals surface area (Å²) in [5.74, 6) is -0.470. The third kappa shape index (κ3) is 10.1. The zero-order valence-corrected chi connectivity index (χ0v) is 37.3. The molecule has 7 rings (SSSR count). The lowest BCUT2D eigenvalue weighted by Gasteiger charge is -2.29. The van der Waals surface area contributed by atoms with Crippen LogP contribution in [0, 0.1) is 28.4 Å². The highest BCUT2D eigenvalue weighted by atomic mass is 35.5. The number of hydrogen-bond acceptors (Lipinski definition) is 10. The predicted octanol–water partition coefficient (Wildman–Crippen LogP) is 9.69. The average Bonchev–Trinajstić information content (AvgIpc) is 3.73. The van der Waals surface area contributed by atoms with Gasteiger partial charge < -0.3 is 24.4 Å². The van der Waals surface area contributed by atoms with Crippen LogP contribution in [0.15, 0.2) is 145 Å². The van der Waals surface area contributed by atoms with Gasteiger partial charge in [0, 0.05) is 29.3 Å². The van der Waals surface area contributed by atoms with Gasteiger partial charge in [-0.15, -0.1) is 0 Å². The molecular formula is C51H44Cl2N5O8+. The van der Waals surface area contributed by atoms with Gasteiger partial charge in [0.15, 0.2) is 12.3 Å². The van der Waals surface area contributed by atoms with E-state index in [1.54, 1.807) is 48.6 Å². The second-order valence-electron chi connectivity index (χ2n) is 15.7. The molecule has 0 saturated heterocycles. The monoisotopic (exact) mass is 924 g/mol. The molecule has 0 aliphatic carbocycles. The molecule has 1 unspecified atom stereocenters. The van der Waals surface area contributed by atoms with E-state index < -0.39 is 16.3 Å². The number of anilines is 2. The minimum atomic E-state index is -1.04. The number of nitrogens with zero attached hydrogens (tertiary/aromatic N) is 5. The molecule has 0 saturated carbocycles. The van der Waals surface area contributed by atoms with E-state index >= 15 is 0 Å². The van der Waals surface area contributed by atoms with Crippen molar-refractivity contribution in [3.8, 4) is 17.2 Å². The summed E-state index contributed by atoms with van der Waals surface area (Å²) in [4.78, 5) is 50.6. The number of carboxylic acids is 1. The fourth-order valence-electron chi connectivity index (χ4n) is 8.69.